The van der Waals surface area contributed by atoms with Crippen LogP contribution in [0, 0.1) is 0 Å². The van der Waals surface area contributed by atoms with E-state index in [1.165, 1.54) is 5.56 Å². The average Bonchev–Trinajstić information content (AvgIpc) is 3.06. The lowest BCUT2D eigenvalue weighted by Gasteiger charge is -2.26. The van der Waals surface area contributed by atoms with Crippen molar-refractivity contribution in [1.29, 1.82) is 0 Å². The third-order valence-corrected chi connectivity index (χ3v) is 4.88. The minimum Gasteiger partial charge on any atom is -0.336 e. The summed E-state index contributed by atoms with van der Waals surface area (Å²) in [4.78, 5) is 14.6. The summed E-state index contributed by atoms with van der Waals surface area (Å²) in [6, 6.07) is 18.4. The number of halogens is 1. The topological polar surface area (TPSA) is 20.3 Å². The SMILES string of the molecule is O=C(CCCc1ccccc1)N1CCCC1c1ccccc1Cl. The molecule has 2 aromatic rings. The van der Waals surface area contributed by atoms with Gasteiger partial charge in [-0.2, -0.15) is 0 Å². The molecule has 0 bridgehead atoms. The first kappa shape index (κ1) is 16.1. The van der Waals surface area contributed by atoms with Gasteiger partial charge in [-0.3, -0.25) is 4.79 Å². The number of amides is 1. The molecule has 1 fully saturated rings. The number of aryl methyl sites for hydroxylation is 1. The van der Waals surface area contributed by atoms with Gasteiger partial charge in [0.15, 0.2) is 0 Å². The Labute approximate surface area is 143 Å². The maximum Gasteiger partial charge on any atom is 0.223 e. The van der Waals surface area contributed by atoms with Crippen molar-refractivity contribution in [3.8, 4) is 0 Å². The molecule has 0 N–H and O–H groups in total. The summed E-state index contributed by atoms with van der Waals surface area (Å²) in [5.41, 5.74) is 2.38. The van der Waals surface area contributed by atoms with Crippen LogP contribution in [0.25, 0.3) is 0 Å². The first-order valence-corrected chi connectivity index (χ1v) is 8.71. The average molecular weight is 328 g/mol. The molecule has 3 heteroatoms. The predicted octanol–water partition coefficient (Wildman–Crippen LogP) is 5.03. The summed E-state index contributed by atoms with van der Waals surface area (Å²) in [6.07, 6.45) is 4.52. The maximum absolute atomic E-state index is 12.6. The molecule has 1 amide bonds. The monoisotopic (exact) mass is 327 g/mol. The van der Waals surface area contributed by atoms with Gasteiger partial charge in [0.05, 0.1) is 6.04 Å². The highest BCUT2D eigenvalue weighted by Crippen LogP contribution is 2.36. The van der Waals surface area contributed by atoms with Gasteiger partial charge in [-0.05, 0) is 42.9 Å². The van der Waals surface area contributed by atoms with Crippen molar-refractivity contribution in [3.63, 3.8) is 0 Å². The lowest BCUT2D eigenvalue weighted by molar-refractivity contribution is -0.132. The summed E-state index contributed by atoms with van der Waals surface area (Å²) in [5.74, 6) is 0.253. The third-order valence-electron chi connectivity index (χ3n) is 4.54. The van der Waals surface area contributed by atoms with Crippen molar-refractivity contribution in [2.75, 3.05) is 6.54 Å². The van der Waals surface area contributed by atoms with Crippen LogP contribution < -0.4 is 0 Å². The van der Waals surface area contributed by atoms with Crippen molar-refractivity contribution in [1.82, 2.24) is 4.90 Å². The summed E-state index contributed by atoms with van der Waals surface area (Å²) >= 11 is 6.32. The van der Waals surface area contributed by atoms with E-state index in [0.29, 0.717) is 6.42 Å². The molecule has 23 heavy (non-hydrogen) atoms. The summed E-state index contributed by atoms with van der Waals surface area (Å²) in [7, 11) is 0. The van der Waals surface area contributed by atoms with Crippen LogP contribution in [0.3, 0.4) is 0 Å². The minimum absolute atomic E-state index is 0.146. The number of rotatable bonds is 5. The van der Waals surface area contributed by atoms with Gasteiger partial charge in [0.25, 0.3) is 0 Å². The van der Waals surface area contributed by atoms with Gasteiger partial charge in [0.1, 0.15) is 0 Å². The molecule has 1 heterocycles. The quantitative estimate of drug-likeness (QED) is 0.754. The fraction of sp³-hybridized carbons (Fsp3) is 0.350. The van der Waals surface area contributed by atoms with E-state index in [-0.39, 0.29) is 11.9 Å². The molecule has 1 saturated heterocycles. The smallest absolute Gasteiger partial charge is 0.223 e. The Morgan fingerprint density at radius 2 is 1.83 bits per heavy atom. The van der Waals surface area contributed by atoms with Crippen molar-refractivity contribution in [2.45, 2.75) is 38.1 Å². The second kappa shape index (κ2) is 7.65. The van der Waals surface area contributed by atoms with Crippen LogP contribution in [-0.2, 0) is 11.2 Å². The van der Waals surface area contributed by atoms with Crippen molar-refractivity contribution >= 4 is 17.5 Å². The Balaban J connectivity index is 1.59. The second-order valence-corrected chi connectivity index (χ2v) is 6.51. The van der Waals surface area contributed by atoms with E-state index < -0.39 is 0 Å². The van der Waals surface area contributed by atoms with E-state index in [0.717, 1.165) is 42.8 Å². The second-order valence-electron chi connectivity index (χ2n) is 6.11. The van der Waals surface area contributed by atoms with Gasteiger partial charge in [-0.15, -0.1) is 0 Å². The Hall–Kier alpha value is -1.80. The van der Waals surface area contributed by atoms with Gasteiger partial charge >= 0.3 is 0 Å². The van der Waals surface area contributed by atoms with E-state index >= 15 is 0 Å². The number of hydrogen-bond donors (Lipinski definition) is 0. The van der Waals surface area contributed by atoms with Gasteiger partial charge in [0.2, 0.25) is 5.91 Å². The van der Waals surface area contributed by atoms with E-state index in [9.17, 15) is 4.79 Å². The first-order valence-electron chi connectivity index (χ1n) is 8.33. The molecule has 0 aliphatic carbocycles. The Morgan fingerprint density at radius 1 is 1.09 bits per heavy atom. The van der Waals surface area contributed by atoms with Gasteiger partial charge in [0, 0.05) is 18.0 Å². The van der Waals surface area contributed by atoms with Crippen LogP contribution in [0.15, 0.2) is 54.6 Å². The van der Waals surface area contributed by atoms with Crippen LogP contribution in [-0.4, -0.2) is 17.4 Å². The molecular weight excluding hydrogens is 306 g/mol. The normalized spacial score (nSPS) is 17.4. The Bertz CT molecular complexity index is 656. The number of hydrogen-bond acceptors (Lipinski definition) is 1. The number of carbonyl (C=O) groups excluding carboxylic acids is 1. The molecule has 2 aromatic carbocycles. The third kappa shape index (κ3) is 3.94. The number of nitrogens with zero attached hydrogens (tertiary/aromatic N) is 1. The molecule has 1 atom stereocenters. The Kier molecular flexibility index (Phi) is 5.35. The first-order chi connectivity index (χ1) is 11.3. The molecule has 0 spiro atoms. The molecule has 120 valence electrons. The fourth-order valence-corrected chi connectivity index (χ4v) is 3.63. The number of benzene rings is 2. The van der Waals surface area contributed by atoms with Crippen LogP contribution in [0.1, 0.15) is 42.9 Å². The molecule has 3 rings (SSSR count). The van der Waals surface area contributed by atoms with E-state index in [1.807, 2.05) is 47.4 Å². The molecule has 0 aromatic heterocycles. The molecule has 1 unspecified atom stereocenters. The zero-order valence-electron chi connectivity index (χ0n) is 13.2. The van der Waals surface area contributed by atoms with Crippen LogP contribution in [0.5, 0.6) is 0 Å². The highest BCUT2D eigenvalue weighted by Gasteiger charge is 2.30. The van der Waals surface area contributed by atoms with Gasteiger partial charge < -0.3 is 4.90 Å². The van der Waals surface area contributed by atoms with E-state index in [4.69, 9.17) is 11.6 Å². The standard InChI is InChI=1S/C20H22ClNO/c21-18-12-5-4-11-17(18)19-13-7-15-22(19)20(23)14-6-10-16-8-2-1-3-9-16/h1-5,8-9,11-12,19H,6-7,10,13-15H2. The van der Waals surface area contributed by atoms with Gasteiger partial charge in [-0.1, -0.05) is 60.1 Å². The van der Waals surface area contributed by atoms with Gasteiger partial charge in [-0.25, -0.2) is 0 Å². The van der Waals surface area contributed by atoms with E-state index in [2.05, 4.69) is 12.1 Å². The Morgan fingerprint density at radius 3 is 2.61 bits per heavy atom. The predicted molar refractivity (Wildman–Crippen MR) is 94.5 cm³/mol. The lowest BCUT2D eigenvalue weighted by atomic mass is 10.0. The van der Waals surface area contributed by atoms with Crippen molar-refractivity contribution < 1.29 is 4.79 Å². The molecular formula is C20H22ClNO. The molecule has 1 aliphatic heterocycles. The number of carbonyl (C=O) groups is 1. The summed E-state index contributed by atoms with van der Waals surface area (Å²) in [6.45, 7) is 0.847. The summed E-state index contributed by atoms with van der Waals surface area (Å²) in [5, 5.41) is 0.765. The lowest BCUT2D eigenvalue weighted by Crippen LogP contribution is -2.30. The van der Waals surface area contributed by atoms with E-state index in [1.54, 1.807) is 0 Å². The van der Waals surface area contributed by atoms with Crippen molar-refractivity contribution in [3.05, 3.63) is 70.7 Å². The maximum atomic E-state index is 12.6. The largest absolute Gasteiger partial charge is 0.336 e. The highest BCUT2D eigenvalue weighted by molar-refractivity contribution is 6.31. The minimum atomic E-state index is 0.146. The molecule has 0 saturated carbocycles. The molecule has 1 aliphatic rings. The molecule has 2 nitrogen and oxygen atoms in total. The zero-order valence-corrected chi connectivity index (χ0v) is 14.0. The van der Waals surface area contributed by atoms with Crippen LogP contribution in [0.2, 0.25) is 5.02 Å². The molecule has 0 radical (unpaired) electrons. The fourth-order valence-electron chi connectivity index (χ4n) is 3.37. The number of likely N-dealkylation sites (tertiary alicyclic amines) is 1. The van der Waals surface area contributed by atoms with Crippen molar-refractivity contribution in [2.24, 2.45) is 0 Å². The highest BCUT2D eigenvalue weighted by atomic mass is 35.5. The van der Waals surface area contributed by atoms with Crippen LogP contribution >= 0.6 is 11.6 Å². The summed E-state index contributed by atoms with van der Waals surface area (Å²) < 4.78 is 0. The zero-order chi connectivity index (χ0) is 16.1. The van der Waals surface area contributed by atoms with Crippen LogP contribution in [0.4, 0.5) is 0 Å².